The Labute approximate surface area is 272 Å². The first kappa shape index (κ1) is 34.5. The fraction of sp³-hybridized carbons (Fsp3) is 0.394. The van der Waals surface area contributed by atoms with Crippen LogP contribution in [-0.2, 0) is 20.9 Å². The number of nitro groups is 1. The molecule has 47 heavy (non-hydrogen) atoms. The third-order valence-corrected chi connectivity index (χ3v) is 7.32. The number of benzene rings is 2. The van der Waals surface area contributed by atoms with Gasteiger partial charge in [-0.15, -0.1) is 0 Å². The molecule has 1 aliphatic heterocycles. The highest BCUT2D eigenvalue weighted by Gasteiger charge is 2.41. The number of anilines is 2. The first-order chi connectivity index (χ1) is 22.3. The Kier molecular flexibility index (Phi) is 11.2. The van der Waals surface area contributed by atoms with Gasteiger partial charge in [0.25, 0.3) is 5.69 Å². The molecule has 1 saturated heterocycles. The molecule has 0 radical (unpaired) electrons. The minimum Gasteiger partial charge on any atom is -0.480 e. The van der Waals surface area contributed by atoms with Gasteiger partial charge in [0.15, 0.2) is 0 Å². The second kappa shape index (κ2) is 15.3. The number of carbonyl (C=O) groups excluding carboxylic acids is 2. The van der Waals surface area contributed by atoms with Gasteiger partial charge in [-0.3, -0.25) is 15.0 Å². The number of pyridine rings is 1. The number of nitro benzene ring substituents is 1. The van der Waals surface area contributed by atoms with Crippen LogP contribution in [0.3, 0.4) is 0 Å². The Morgan fingerprint density at radius 2 is 1.81 bits per heavy atom. The molecule has 3 aromatic rings. The first-order valence-corrected chi connectivity index (χ1v) is 15.2. The summed E-state index contributed by atoms with van der Waals surface area (Å²) < 4.78 is 10.8. The van der Waals surface area contributed by atoms with Crippen LogP contribution in [0.15, 0.2) is 66.7 Å². The molecule has 0 spiro atoms. The number of ether oxygens (including phenoxy) is 2. The molecule has 2 aromatic carbocycles. The highest BCUT2D eigenvalue weighted by Crippen LogP contribution is 2.35. The van der Waals surface area contributed by atoms with Crippen molar-refractivity contribution in [1.29, 1.82) is 0 Å². The molecule has 2 heterocycles. The van der Waals surface area contributed by atoms with Crippen LogP contribution in [-0.4, -0.2) is 87.3 Å². The summed E-state index contributed by atoms with van der Waals surface area (Å²) in [5, 5.41) is 28.1. The third-order valence-electron chi connectivity index (χ3n) is 7.32. The molecule has 0 saturated carbocycles. The normalized spacial score (nSPS) is 15.9. The van der Waals surface area contributed by atoms with E-state index in [2.05, 4.69) is 15.6 Å². The average Bonchev–Trinajstić information content (AvgIpc) is 3.45. The lowest BCUT2D eigenvalue weighted by atomic mass is 10.1. The van der Waals surface area contributed by atoms with E-state index >= 15 is 0 Å². The van der Waals surface area contributed by atoms with Crippen molar-refractivity contribution in [3.05, 3.63) is 82.4 Å². The van der Waals surface area contributed by atoms with Crippen molar-refractivity contribution in [1.82, 2.24) is 14.8 Å². The van der Waals surface area contributed by atoms with Crippen molar-refractivity contribution in [2.75, 3.05) is 37.3 Å². The van der Waals surface area contributed by atoms with E-state index in [1.807, 2.05) is 30.3 Å². The minimum absolute atomic E-state index is 0.0181. The predicted octanol–water partition coefficient (Wildman–Crippen LogP) is 5.60. The zero-order valence-electron chi connectivity index (χ0n) is 26.8. The van der Waals surface area contributed by atoms with E-state index in [1.54, 1.807) is 58.2 Å². The highest BCUT2D eigenvalue weighted by molar-refractivity contribution is 5.83. The molecule has 0 unspecified atom stereocenters. The van der Waals surface area contributed by atoms with E-state index in [4.69, 9.17) is 9.47 Å². The van der Waals surface area contributed by atoms with E-state index < -0.39 is 40.8 Å². The second-order valence-corrected chi connectivity index (χ2v) is 12.2. The summed E-state index contributed by atoms with van der Waals surface area (Å²) in [5.74, 6) is -0.732. The molecule has 14 heteroatoms. The molecular formula is C33H40N6O8. The number of aliphatic carboxylic acids is 1. The number of para-hydroxylation sites is 1. The van der Waals surface area contributed by atoms with Crippen LogP contribution < -0.4 is 10.6 Å². The van der Waals surface area contributed by atoms with Gasteiger partial charge in [0, 0.05) is 50.8 Å². The van der Waals surface area contributed by atoms with Gasteiger partial charge >= 0.3 is 18.2 Å². The molecule has 250 valence electrons. The lowest BCUT2D eigenvalue weighted by Crippen LogP contribution is -2.41. The maximum absolute atomic E-state index is 12.8. The maximum Gasteiger partial charge on any atom is 0.410 e. The number of carboxylic acid groups (broad SMARTS) is 1. The molecular weight excluding hydrogens is 608 g/mol. The summed E-state index contributed by atoms with van der Waals surface area (Å²) in [4.78, 5) is 55.9. The number of aromatic nitrogens is 1. The average molecular weight is 649 g/mol. The Bertz CT molecular complexity index is 1580. The zero-order chi connectivity index (χ0) is 34.1. The predicted molar refractivity (Wildman–Crippen MR) is 175 cm³/mol. The van der Waals surface area contributed by atoms with Gasteiger partial charge in [0.05, 0.1) is 10.6 Å². The Balaban J connectivity index is 1.44. The van der Waals surface area contributed by atoms with Crippen molar-refractivity contribution < 1.29 is 33.9 Å². The molecule has 2 amide bonds. The van der Waals surface area contributed by atoms with Crippen molar-refractivity contribution in [3.8, 4) is 11.3 Å². The van der Waals surface area contributed by atoms with Gasteiger partial charge < -0.3 is 30.1 Å². The van der Waals surface area contributed by atoms with Gasteiger partial charge in [-0.05, 0) is 44.9 Å². The molecule has 1 aliphatic rings. The van der Waals surface area contributed by atoms with Crippen LogP contribution in [0.25, 0.3) is 11.3 Å². The molecule has 14 nitrogen and oxygen atoms in total. The van der Waals surface area contributed by atoms with E-state index in [0.29, 0.717) is 36.6 Å². The number of hydrogen-bond acceptors (Lipinski definition) is 10. The lowest BCUT2D eigenvalue weighted by molar-refractivity contribution is -0.383. The summed E-state index contributed by atoms with van der Waals surface area (Å²) in [7, 11) is 1.63. The van der Waals surface area contributed by atoms with E-state index in [-0.39, 0.29) is 30.9 Å². The minimum atomic E-state index is -1.14. The number of carboxylic acids is 1. The van der Waals surface area contributed by atoms with Gasteiger partial charge in [-0.1, -0.05) is 48.5 Å². The van der Waals surface area contributed by atoms with Crippen LogP contribution >= 0.6 is 0 Å². The van der Waals surface area contributed by atoms with Gasteiger partial charge in [-0.2, -0.15) is 0 Å². The number of likely N-dealkylation sites (tertiary alicyclic amines) is 1. The third kappa shape index (κ3) is 9.55. The molecule has 3 N–H and O–H groups in total. The Morgan fingerprint density at radius 1 is 1.09 bits per heavy atom. The van der Waals surface area contributed by atoms with Gasteiger partial charge in [0.2, 0.25) is 0 Å². The van der Waals surface area contributed by atoms with Crippen molar-refractivity contribution >= 4 is 35.3 Å². The van der Waals surface area contributed by atoms with E-state index in [0.717, 1.165) is 5.56 Å². The summed E-state index contributed by atoms with van der Waals surface area (Å²) in [6, 6.07) is 17.4. The molecule has 0 bridgehead atoms. The fourth-order valence-corrected chi connectivity index (χ4v) is 5.11. The molecule has 0 aliphatic carbocycles. The number of rotatable bonds is 12. The first-order valence-electron chi connectivity index (χ1n) is 15.2. The SMILES string of the molecule is CN(CCCNc1c(-c2cccc(N[C@H]3C[C@@H](C(=O)O)N(C(=O)OCc4ccccc4)C3)n2)cccc1[N+](=O)[O-])C(=O)OC(C)(C)C. The maximum atomic E-state index is 12.8. The van der Waals surface area contributed by atoms with E-state index in [1.165, 1.54) is 15.9 Å². The van der Waals surface area contributed by atoms with Crippen molar-refractivity contribution in [3.63, 3.8) is 0 Å². The van der Waals surface area contributed by atoms with Crippen LogP contribution in [0.1, 0.15) is 39.2 Å². The Hall–Kier alpha value is -5.40. The molecule has 4 rings (SSSR count). The summed E-state index contributed by atoms with van der Waals surface area (Å²) in [6.45, 7) is 6.15. The number of nitrogens with one attached hydrogen (secondary N) is 2. The fourth-order valence-electron chi connectivity index (χ4n) is 5.11. The summed E-state index contributed by atoms with van der Waals surface area (Å²) in [6.07, 6.45) is -0.561. The number of carbonyl (C=O) groups is 3. The smallest absolute Gasteiger partial charge is 0.410 e. The molecule has 1 aromatic heterocycles. The van der Waals surface area contributed by atoms with Gasteiger partial charge in [0.1, 0.15) is 29.8 Å². The largest absolute Gasteiger partial charge is 0.480 e. The molecule has 2 atom stereocenters. The standard InChI is InChI=1S/C33H40N6O8/c1-33(2,3)47-31(42)37(4)18-10-17-34-29-24(13-8-15-26(29)39(44)45)25-14-9-16-28(36-25)35-23-19-27(30(40)41)38(20-23)32(43)46-21-22-11-6-5-7-12-22/h5-9,11-16,23,27,34H,10,17-21H2,1-4H3,(H,35,36)(H,40,41)/t23-,27-/m0/s1. The quantitative estimate of drug-likeness (QED) is 0.127. The van der Waals surface area contributed by atoms with Crippen LogP contribution in [0, 0.1) is 10.1 Å². The van der Waals surface area contributed by atoms with E-state index in [9.17, 15) is 29.6 Å². The summed E-state index contributed by atoms with van der Waals surface area (Å²) >= 11 is 0. The van der Waals surface area contributed by atoms with Gasteiger partial charge in [-0.25, -0.2) is 19.4 Å². The zero-order valence-corrected chi connectivity index (χ0v) is 26.8. The van der Waals surface area contributed by atoms with Crippen molar-refractivity contribution in [2.24, 2.45) is 0 Å². The van der Waals surface area contributed by atoms with Crippen molar-refractivity contribution in [2.45, 2.75) is 57.9 Å². The number of hydrogen-bond donors (Lipinski definition) is 3. The van der Waals surface area contributed by atoms with Crippen LogP contribution in [0.2, 0.25) is 0 Å². The van der Waals surface area contributed by atoms with Crippen LogP contribution in [0.4, 0.5) is 26.8 Å². The Morgan fingerprint density at radius 3 is 2.49 bits per heavy atom. The van der Waals surface area contributed by atoms with Crippen LogP contribution in [0.5, 0.6) is 0 Å². The summed E-state index contributed by atoms with van der Waals surface area (Å²) in [5.41, 5.74) is 1.24. The molecule has 1 fully saturated rings. The number of nitrogens with zero attached hydrogens (tertiary/aromatic N) is 4. The highest BCUT2D eigenvalue weighted by atomic mass is 16.6. The topological polar surface area (TPSA) is 176 Å². The monoisotopic (exact) mass is 648 g/mol. The number of amides is 2. The lowest BCUT2D eigenvalue weighted by Gasteiger charge is -2.24. The second-order valence-electron chi connectivity index (χ2n) is 12.2.